The van der Waals surface area contributed by atoms with Crippen LogP contribution in [0.15, 0.2) is 73.8 Å². The number of rotatable bonds is 7. The first-order valence-corrected chi connectivity index (χ1v) is 11.2. The Labute approximate surface area is 204 Å². The number of ketones is 1. The molecule has 4 rings (SSSR count). The van der Waals surface area contributed by atoms with Crippen LogP contribution >= 0.6 is 0 Å². The van der Waals surface area contributed by atoms with Gasteiger partial charge in [-0.25, -0.2) is 0 Å². The van der Waals surface area contributed by atoms with Gasteiger partial charge in [-0.05, 0) is 31.9 Å². The van der Waals surface area contributed by atoms with Gasteiger partial charge in [-0.2, -0.15) is 4.68 Å². The summed E-state index contributed by atoms with van der Waals surface area (Å²) in [4.78, 5) is 79.5. The molecular weight excluding hydrogens is 462 g/mol. The molecule has 0 saturated heterocycles. The molecule has 0 aliphatic heterocycles. The molecular formula is C27H23N3O6. The highest BCUT2D eigenvalue weighted by molar-refractivity contribution is 6.20. The standard InChI is InChI=1S/C27H23N3O6/c1-13(2)19(31)10-7-11-29(25(34)14(3)4)22-20-17(12-18-21(22)27(36)30(28)26(18)35)23(32)15-8-5-6-9-16(15)24(20)33/h5-6,8-9,12H,1,3,7,10-11,28H2,2,4H3. The normalized spacial score (nSPS) is 11.3. The first-order valence-electron chi connectivity index (χ1n) is 11.2. The van der Waals surface area contributed by atoms with Crippen molar-refractivity contribution in [3.63, 3.8) is 0 Å². The van der Waals surface area contributed by atoms with E-state index in [1.165, 1.54) is 25.1 Å². The van der Waals surface area contributed by atoms with Gasteiger partial charge in [0.1, 0.15) is 0 Å². The van der Waals surface area contributed by atoms with Crippen LogP contribution in [0.3, 0.4) is 0 Å². The maximum atomic E-state index is 13.7. The molecule has 9 nitrogen and oxygen atoms in total. The molecule has 3 aromatic carbocycles. The first-order chi connectivity index (χ1) is 17.0. The van der Waals surface area contributed by atoms with Gasteiger partial charge in [0.25, 0.3) is 17.0 Å². The van der Waals surface area contributed by atoms with E-state index in [2.05, 4.69) is 13.2 Å². The number of aromatic nitrogens is 1. The zero-order chi connectivity index (χ0) is 26.5. The number of hydrogen-bond donors (Lipinski definition) is 1. The van der Waals surface area contributed by atoms with Crippen molar-refractivity contribution in [3.8, 4) is 0 Å². The van der Waals surface area contributed by atoms with Gasteiger partial charge < -0.3 is 10.7 Å². The number of fused-ring (bicyclic) bond motifs is 3. The minimum absolute atomic E-state index is 0.0537. The SMILES string of the molecule is C=C(C)C(=O)CCCN(C(=O)C(=C)C)c1c2c(=O)c3ccccc3c(=O)c2cc2c(=O)n(N)c(=O)c12. The molecule has 0 unspecified atom stereocenters. The second kappa shape index (κ2) is 8.84. The fourth-order valence-corrected chi connectivity index (χ4v) is 4.39. The van der Waals surface area contributed by atoms with Crippen LogP contribution in [0, 0.1) is 0 Å². The number of hydrogen-bond acceptors (Lipinski definition) is 7. The van der Waals surface area contributed by atoms with Gasteiger partial charge in [-0.1, -0.05) is 37.4 Å². The van der Waals surface area contributed by atoms with Gasteiger partial charge >= 0.3 is 0 Å². The average Bonchev–Trinajstić information content (AvgIpc) is 3.07. The Morgan fingerprint density at radius 1 is 0.861 bits per heavy atom. The summed E-state index contributed by atoms with van der Waals surface area (Å²) in [5.74, 6) is 4.84. The van der Waals surface area contributed by atoms with Crippen LogP contribution in [-0.4, -0.2) is 22.9 Å². The summed E-state index contributed by atoms with van der Waals surface area (Å²) in [7, 11) is 0. The second-order valence-electron chi connectivity index (χ2n) is 8.80. The van der Waals surface area contributed by atoms with E-state index in [0.29, 0.717) is 10.2 Å². The Bertz CT molecular complexity index is 1850. The number of carbonyl (C=O) groups excluding carboxylic acids is 2. The zero-order valence-electron chi connectivity index (χ0n) is 19.8. The van der Waals surface area contributed by atoms with Crippen molar-refractivity contribution >= 4 is 49.7 Å². The van der Waals surface area contributed by atoms with Gasteiger partial charge in [-0.15, -0.1) is 0 Å². The van der Waals surface area contributed by atoms with E-state index >= 15 is 0 Å². The Kier molecular flexibility index (Phi) is 6.01. The third-order valence-electron chi connectivity index (χ3n) is 6.21. The highest BCUT2D eigenvalue weighted by Gasteiger charge is 2.29. The number of amides is 1. The molecule has 2 N–H and O–H groups in total. The van der Waals surface area contributed by atoms with Gasteiger partial charge in [0.2, 0.25) is 0 Å². The molecule has 1 amide bonds. The summed E-state index contributed by atoms with van der Waals surface area (Å²) in [6.07, 6.45) is 0.217. The molecule has 0 aliphatic carbocycles. The lowest BCUT2D eigenvalue weighted by molar-refractivity contribution is -0.116. The summed E-state index contributed by atoms with van der Waals surface area (Å²) in [5.41, 5.74) is -2.63. The number of anilines is 1. The molecule has 0 saturated carbocycles. The Hall–Kier alpha value is -4.66. The maximum absolute atomic E-state index is 13.7. The van der Waals surface area contributed by atoms with Gasteiger partial charge in [0.05, 0.1) is 21.8 Å². The minimum atomic E-state index is -0.913. The van der Waals surface area contributed by atoms with Crippen molar-refractivity contribution in [2.45, 2.75) is 26.7 Å². The molecule has 1 aromatic heterocycles. The molecule has 0 radical (unpaired) electrons. The first kappa shape index (κ1) is 24.5. The van der Waals surface area contributed by atoms with E-state index in [0.717, 1.165) is 4.90 Å². The van der Waals surface area contributed by atoms with Crippen LogP contribution in [-0.2, 0) is 9.59 Å². The highest BCUT2D eigenvalue weighted by Crippen LogP contribution is 2.32. The Morgan fingerprint density at radius 3 is 2.06 bits per heavy atom. The number of nitrogens with two attached hydrogens (primary N) is 1. The molecule has 0 fully saturated rings. The molecule has 0 aliphatic rings. The van der Waals surface area contributed by atoms with E-state index < -0.39 is 27.9 Å². The predicted molar refractivity (Wildman–Crippen MR) is 141 cm³/mol. The van der Waals surface area contributed by atoms with E-state index in [1.54, 1.807) is 19.1 Å². The Morgan fingerprint density at radius 2 is 1.47 bits per heavy atom. The quantitative estimate of drug-likeness (QED) is 0.239. The maximum Gasteiger partial charge on any atom is 0.282 e. The highest BCUT2D eigenvalue weighted by atomic mass is 16.2. The van der Waals surface area contributed by atoms with Gasteiger partial charge in [0.15, 0.2) is 16.6 Å². The number of Topliss-reactive ketones (excluding diaryl/α,β-unsaturated/α-hetero) is 1. The van der Waals surface area contributed by atoms with Crippen molar-refractivity contribution in [2.24, 2.45) is 0 Å². The second-order valence-corrected chi connectivity index (χ2v) is 8.80. The van der Waals surface area contributed by atoms with Crippen LogP contribution in [0.1, 0.15) is 26.7 Å². The van der Waals surface area contributed by atoms with Crippen LogP contribution in [0.2, 0.25) is 0 Å². The molecule has 4 aromatic rings. The molecule has 182 valence electrons. The summed E-state index contributed by atoms with van der Waals surface area (Å²) in [6, 6.07) is 7.36. The van der Waals surface area contributed by atoms with Crippen molar-refractivity contribution in [1.82, 2.24) is 4.68 Å². The van der Waals surface area contributed by atoms with Crippen LogP contribution in [0.25, 0.3) is 32.3 Å². The number of nitrogen functional groups attached to an aromatic ring is 1. The summed E-state index contributed by atoms with van der Waals surface area (Å²) in [6.45, 7) is 10.2. The van der Waals surface area contributed by atoms with Crippen LogP contribution in [0.5, 0.6) is 0 Å². The summed E-state index contributed by atoms with van der Waals surface area (Å²) >= 11 is 0. The van der Waals surface area contributed by atoms with Crippen LogP contribution < -0.4 is 32.7 Å². The number of carbonyl (C=O) groups is 2. The topological polar surface area (TPSA) is 137 Å². The lowest BCUT2D eigenvalue weighted by atomic mass is 9.97. The molecule has 0 bridgehead atoms. The number of allylic oxidation sites excluding steroid dienone is 1. The van der Waals surface area contributed by atoms with E-state index in [9.17, 15) is 28.8 Å². The monoisotopic (exact) mass is 485 g/mol. The van der Waals surface area contributed by atoms with E-state index in [4.69, 9.17) is 5.84 Å². The number of benzene rings is 3. The fraction of sp³-hybridized carbons (Fsp3) is 0.185. The van der Waals surface area contributed by atoms with Crippen molar-refractivity contribution in [1.29, 1.82) is 0 Å². The lowest BCUT2D eigenvalue weighted by Gasteiger charge is -2.25. The van der Waals surface area contributed by atoms with Crippen molar-refractivity contribution < 1.29 is 9.59 Å². The van der Waals surface area contributed by atoms with Gasteiger partial charge in [-0.3, -0.25) is 28.8 Å². The fourth-order valence-electron chi connectivity index (χ4n) is 4.39. The third kappa shape index (κ3) is 3.65. The lowest BCUT2D eigenvalue weighted by Crippen LogP contribution is -2.35. The van der Waals surface area contributed by atoms with E-state index in [-0.39, 0.29) is 68.7 Å². The Balaban J connectivity index is 2.18. The molecule has 9 heteroatoms. The number of nitrogens with zero attached hydrogens (tertiary/aromatic N) is 2. The summed E-state index contributed by atoms with van der Waals surface area (Å²) < 4.78 is 0.385. The predicted octanol–water partition coefficient (Wildman–Crippen LogP) is 1.81. The largest absolute Gasteiger partial charge is 0.333 e. The molecule has 0 spiro atoms. The molecule has 1 heterocycles. The summed E-state index contributed by atoms with van der Waals surface area (Å²) in [5, 5.41) is -0.460. The molecule has 0 atom stereocenters. The minimum Gasteiger partial charge on any atom is -0.333 e. The van der Waals surface area contributed by atoms with Crippen molar-refractivity contribution in [2.75, 3.05) is 17.3 Å². The van der Waals surface area contributed by atoms with Gasteiger partial charge in [0, 0.05) is 34.7 Å². The smallest absolute Gasteiger partial charge is 0.282 e. The van der Waals surface area contributed by atoms with Crippen molar-refractivity contribution in [3.05, 3.63) is 95.8 Å². The van der Waals surface area contributed by atoms with E-state index in [1.807, 2.05) is 0 Å². The third-order valence-corrected chi connectivity index (χ3v) is 6.21. The zero-order valence-corrected chi connectivity index (χ0v) is 19.8. The van der Waals surface area contributed by atoms with Crippen LogP contribution in [0.4, 0.5) is 5.69 Å². The average molecular weight is 485 g/mol. The molecule has 36 heavy (non-hydrogen) atoms.